The summed E-state index contributed by atoms with van der Waals surface area (Å²) in [4.78, 5) is 10.5. The van der Waals surface area contributed by atoms with E-state index in [0.717, 1.165) is 12.8 Å². The van der Waals surface area contributed by atoms with Crippen molar-refractivity contribution in [1.29, 1.82) is 0 Å². The molecule has 3 heteroatoms. The van der Waals surface area contributed by atoms with Gasteiger partial charge in [0, 0.05) is 20.1 Å². The van der Waals surface area contributed by atoms with E-state index < -0.39 is 0 Å². The third-order valence-electron chi connectivity index (χ3n) is 1.84. The normalized spacial score (nSPS) is 31.0. The number of carbonyl (C=O) groups is 1. The molecule has 1 rings (SSSR count). The van der Waals surface area contributed by atoms with Crippen LogP contribution < -0.4 is 5.32 Å². The lowest BCUT2D eigenvalue weighted by atomic mass is 9.89. The lowest BCUT2D eigenvalue weighted by molar-refractivity contribution is -0.121. The fraction of sp³-hybridized carbons (Fsp3) is 0.857. The minimum absolute atomic E-state index is 0.0551. The van der Waals surface area contributed by atoms with E-state index in [4.69, 9.17) is 4.74 Å². The largest absolute Gasteiger partial charge is 0.381 e. The Morgan fingerprint density at radius 3 is 2.60 bits per heavy atom. The van der Waals surface area contributed by atoms with Crippen LogP contribution in [0.2, 0.25) is 0 Å². The van der Waals surface area contributed by atoms with Crippen LogP contribution in [-0.2, 0) is 9.53 Å². The maximum absolute atomic E-state index is 10.5. The minimum Gasteiger partial charge on any atom is -0.381 e. The molecule has 1 N–H and O–H groups in total. The number of hydrogen-bond donors (Lipinski definition) is 1. The van der Waals surface area contributed by atoms with Gasteiger partial charge in [0.05, 0.1) is 6.10 Å². The van der Waals surface area contributed by atoms with Gasteiger partial charge in [-0.3, -0.25) is 4.79 Å². The van der Waals surface area contributed by atoms with E-state index in [1.54, 1.807) is 14.0 Å². The third kappa shape index (κ3) is 1.70. The van der Waals surface area contributed by atoms with Gasteiger partial charge < -0.3 is 10.1 Å². The van der Waals surface area contributed by atoms with Crippen LogP contribution in [0.25, 0.3) is 0 Å². The van der Waals surface area contributed by atoms with E-state index in [9.17, 15) is 4.79 Å². The molecule has 1 amide bonds. The smallest absolute Gasteiger partial charge is 0.217 e. The Morgan fingerprint density at radius 1 is 1.60 bits per heavy atom. The first-order valence-corrected chi connectivity index (χ1v) is 3.52. The molecule has 0 heterocycles. The molecule has 0 aromatic rings. The molecule has 1 fully saturated rings. The third-order valence-corrected chi connectivity index (χ3v) is 1.84. The highest BCUT2D eigenvalue weighted by Gasteiger charge is 2.28. The average molecular weight is 143 g/mol. The maximum atomic E-state index is 10.5. The molecule has 0 spiro atoms. The van der Waals surface area contributed by atoms with Crippen LogP contribution in [0.1, 0.15) is 19.8 Å². The molecule has 1 aliphatic carbocycles. The molecule has 0 unspecified atom stereocenters. The average Bonchev–Trinajstić information content (AvgIpc) is 1.76. The van der Waals surface area contributed by atoms with Gasteiger partial charge in [-0.2, -0.15) is 0 Å². The first kappa shape index (κ1) is 7.54. The summed E-state index contributed by atoms with van der Waals surface area (Å²) in [5, 5.41) is 2.82. The summed E-state index contributed by atoms with van der Waals surface area (Å²) in [6, 6.07) is 0.363. The summed E-state index contributed by atoms with van der Waals surface area (Å²) >= 11 is 0. The van der Waals surface area contributed by atoms with Crippen molar-refractivity contribution in [2.75, 3.05) is 7.11 Å². The van der Waals surface area contributed by atoms with E-state index in [2.05, 4.69) is 5.32 Å². The van der Waals surface area contributed by atoms with Gasteiger partial charge in [0.1, 0.15) is 0 Å². The fourth-order valence-electron chi connectivity index (χ4n) is 1.16. The van der Waals surface area contributed by atoms with Crippen molar-refractivity contribution in [2.24, 2.45) is 0 Å². The first-order chi connectivity index (χ1) is 4.72. The Bertz CT molecular complexity index is 130. The van der Waals surface area contributed by atoms with Crippen molar-refractivity contribution in [1.82, 2.24) is 5.32 Å². The van der Waals surface area contributed by atoms with Gasteiger partial charge in [-0.25, -0.2) is 0 Å². The zero-order valence-corrected chi connectivity index (χ0v) is 6.39. The Kier molecular flexibility index (Phi) is 2.27. The molecule has 0 radical (unpaired) electrons. The van der Waals surface area contributed by atoms with Gasteiger partial charge in [0.15, 0.2) is 0 Å². The monoisotopic (exact) mass is 143 g/mol. The number of nitrogens with one attached hydrogen (secondary N) is 1. The number of ether oxygens (including phenoxy) is 1. The van der Waals surface area contributed by atoms with E-state index in [1.165, 1.54) is 0 Å². The molecule has 1 aliphatic rings. The molecule has 10 heavy (non-hydrogen) atoms. The van der Waals surface area contributed by atoms with Gasteiger partial charge in [0.2, 0.25) is 5.91 Å². The summed E-state index contributed by atoms with van der Waals surface area (Å²) in [6.45, 7) is 1.54. The minimum atomic E-state index is 0.0551. The molecular weight excluding hydrogens is 130 g/mol. The maximum Gasteiger partial charge on any atom is 0.217 e. The fourth-order valence-corrected chi connectivity index (χ4v) is 1.16. The number of carbonyl (C=O) groups excluding carboxylic acids is 1. The predicted molar refractivity (Wildman–Crippen MR) is 37.6 cm³/mol. The van der Waals surface area contributed by atoms with E-state index in [-0.39, 0.29) is 5.91 Å². The molecule has 0 atom stereocenters. The molecular formula is C7H13NO2. The van der Waals surface area contributed by atoms with Gasteiger partial charge in [0.25, 0.3) is 0 Å². The molecule has 0 saturated heterocycles. The van der Waals surface area contributed by atoms with Crippen molar-refractivity contribution in [3.63, 3.8) is 0 Å². The highest BCUT2D eigenvalue weighted by Crippen LogP contribution is 2.21. The Balaban J connectivity index is 2.08. The molecule has 0 bridgehead atoms. The summed E-state index contributed by atoms with van der Waals surface area (Å²) in [6.07, 6.45) is 2.31. The van der Waals surface area contributed by atoms with Gasteiger partial charge in [-0.1, -0.05) is 0 Å². The second kappa shape index (κ2) is 3.01. The molecule has 58 valence electrons. The molecule has 0 aliphatic heterocycles. The summed E-state index contributed by atoms with van der Waals surface area (Å²) in [5.41, 5.74) is 0. The van der Waals surface area contributed by atoms with E-state index >= 15 is 0 Å². The molecule has 1 saturated carbocycles. The van der Waals surface area contributed by atoms with E-state index in [0.29, 0.717) is 12.1 Å². The summed E-state index contributed by atoms with van der Waals surface area (Å²) in [7, 11) is 1.70. The molecule has 0 aromatic heterocycles. The van der Waals surface area contributed by atoms with Crippen LogP contribution in [0.15, 0.2) is 0 Å². The summed E-state index contributed by atoms with van der Waals surface area (Å²) < 4.78 is 5.05. The van der Waals surface area contributed by atoms with Crippen LogP contribution in [0.4, 0.5) is 0 Å². The second-order valence-electron chi connectivity index (χ2n) is 2.73. The lowest BCUT2D eigenvalue weighted by Crippen LogP contribution is -2.46. The number of amides is 1. The summed E-state index contributed by atoms with van der Waals surface area (Å²) in [5.74, 6) is 0.0551. The molecule has 3 nitrogen and oxygen atoms in total. The zero-order chi connectivity index (χ0) is 7.56. The van der Waals surface area contributed by atoms with Crippen LogP contribution in [0, 0.1) is 0 Å². The highest BCUT2D eigenvalue weighted by atomic mass is 16.5. The lowest BCUT2D eigenvalue weighted by Gasteiger charge is -2.34. The Morgan fingerprint density at radius 2 is 2.20 bits per heavy atom. The standard InChI is InChI=1S/C7H13NO2/c1-5(9)8-6-3-7(4-6)10-2/h6-7H,3-4H2,1-2H3,(H,8,9)/t6-,7-. The van der Waals surface area contributed by atoms with Crippen LogP contribution in [0.5, 0.6) is 0 Å². The van der Waals surface area contributed by atoms with Crippen molar-refractivity contribution in [2.45, 2.75) is 31.9 Å². The van der Waals surface area contributed by atoms with Crippen molar-refractivity contribution in [3.8, 4) is 0 Å². The van der Waals surface area contributed by atoms with Gasteiger partial charge in [-0.15, -0.1) is 0 Å². The quantitative estimate of drug-likeness (QED) is 0.603. The highest BCUT2D eigenvalue weighted by molar-refractivity contribution is 5.73. The molecule has 0 aromatic carbocycles. The number of methoxy groups -OCH3 is 1. The van der Waals surface area contributed by atoms with Crippen molar-refractivity contribution in [3.05, 3.63) is 0 Å². The predicted octanol–water partition coefficient (Wildman–Crippen LogP) is 0.300. The van der Waals surface area contributed by atoms with Crippen LogP contribution in [-0.4, -0.2) is 25.2 Å². The van der Waals surface area contributed by atoms with E-state index in [1.807, 2.05) is 0 Å². The Hall–Kier alpha value is -0.570. The van der Waals surface area contributed by atoms with Gasteiger partial charge in [-0.05, 0) is 12.8 Å². The van der Waals surface area contributed by atoms with Crippen LogP contribution >= 0.6 is 0 Å². The topological polar surface area (TPSA) is 38.3 Å². The van der Waals surface area contributed by atoms with Crippen molar-refractivity contribution >= 4 is 5.91 Å². The number of rotatable bonds is 2. The second-order valence-corrected chi connectivity index (χ2v) is 2.73. The number of hydrogen-bond acceptors (Lipinski definition) is 2. The van der Waals surface area contributed by atoms with Crippen molar-refractivity contribution < 1.29 is 9.53 Å². The van der Waals surface area contributed by atoms with Crippen LogP contribution in [0.3, 0.4) is 0 Å². The first-order valence-electron chi connectivity index (χ1n) is 3.52. The zero-order valence-electron chi connectivity index (χ0n) is 6.39. The SMILES string of the molecule is CO[C@H]1C[C@H](NC(C)=O)C1. The van der Waals surface area contributed by atoms with Gasteiger partial charge >= 0.3 is 0 Å². The Labute approximate surface area is 60.7 Å².